The van der Waals surface area contributed by atoms with Crippen molar-refractivity contribution in [1.29, 1.82) is 0 Å². The Labute approximate surface area is 141 Å². The lowest BCUT2D eigenvalue weighted by atomic mass is 9.97. The minimum absolute atomic E-state index is 0.0170. The molecule has 4 heteroatoms. The molecule has 2 aromatic carbocycles. The number of fused-ring (bicyclic) bond motifs is 1. The summed E-state index contributed by atoms with van der Waals surface area (Å²) in [5.74, 6) is -0.762. The molecule has 24 heavy (non-hydrogen) atoms. The van der Waals surface area contributed by atoms with Crippen LogP contribution in [0.5, 0.6) is 0 Å². The van der Waals surface area contributed by atoms with Crippen LogP contribution in [0.1, 0.15) is 30.7 Å². The zero-order valence-corrected chi connectivity index (χ0v) is 13.5. The highest BCUT2D eigenvalue weighted by molar-refractivity contribution is 5.89. The van der Waals surface area contributed by atoms with Crippen LogP contribution < -0.4 is 0 Å². The summed E-state index contributed by atoms with van der Waals surface area (Å²) >= 11 is 0. The molecule has 1 saturated heterocycles. The highest BCUT2D eigenvalue weighted by Crippen LogP contribution is 2.50. The summed E-state index contributed by atoms with van der Waals surface area (Å²) in [6.45, 7) is 1.06. The van der Waals surface area contributed by atoms with Crippen molar-refractivity contribution >= 4 is 22.6 Å². The SMILES string of the molecule is O=C(O)C1CCCN(C(=O)C2CC2c2cccc3ccccc23)C1. The van der Waals surface area contributed by atoms with E-state index in [1.807, 2.05) is 12.1 Å². The van der Waals surface area contributed by atoms with Crippen molar-refractivity contribution < 1.29 is 14.7 Å². The van der Waals surface area contributed by atoms with Crippen molar-refractivity contribution in [1.82, 2.24) is 4.90 Å². The predicted molar refractivity (Wildman–Crippen MR) is 91.7 cm³/mol. The number of carboxylic acid groups (broad SMARTS) is 1. The molecule has 0 aromatic heterocycles. The van der Waals surface area contributed by atoms with Crippen LogP contribution in [0.3, 0.4) is 0 Å². The van der Waals surface area contributed by atoms with Crippen LogP contribution >= 0.6 is 0 Å². The number of benzene rings is 2. The smallest absolute Gasteiger partial charge is 0.308 e. The molecule has 1 aliphatic carbocycles. The van der Waals surface area contributed by atoms with Crippen molar-refractivity contribution in [3.63, 3.8) is 0 Å². The van der Waals surface area contributed by atoms with Crippen molar-refractivity contribution in [3.05, 3.63) is 48.0 Å². The first-order chi connectivity index (χ1) is 11.6. The number of carbonyl (C=O) groups excluding carboxylic acids is 1. The molecule has 1 heterocycles. The largest absolute Gasteiger partial charge is 0.481 e. The van der Waals surface area contributed by atoms with E-state index in [-0.39, 0.29) is 17.7 Å². The Morgan fingerprint density at radius 1 is 1.08 bits per heavy atom. The molecule has 2 aliphatic rings. The van der Waals surface area contributed by atoms with Gasteiger partial charge in [0.25, 0.3) is 0 Å². The summed E-state index contributed by atoms with van der Waals surface area (Å²) in [6, 6.07) is 14.6. The minimum atomic E-state index is -0.783. The summed E-state index contributed by atoms with van der Waals surface area (Å²) in [4.78, 5) is 25.8. The van der Waals surface area contributed by atoms with Gasteiger partial charge in [0.2, 0.25) is 5.91 Å². The lowest BCUT2D eigenvalue weighted by Crippen LogP contribution is -2.43. The quantitative estimate of drug-likeness (QED) is 0.943. The van der Waals surface area contributed by atoms with Crippen molar-refractivity contribution in [2.45, 2.75) is 25.2 Å². The molecule has 2 aromatic rings. The Bertz CT molecular complexity index is 795. The van der Waals surface area contributed by atoms with Gasteiger partial charge in [-0.1, -0.05) is 42.5 Å². The number of rotatable bonds is 3. The second-order valence-corrected chi connectivity index (χ2v) is 6.98. The molecule has 4 nitrogen and oxygen atoms in total. The van der Waals surface area contributed by atoms with E-state index in [4.69, 9.17) is 0 Å². The van der Waals surface area contributed by atoms with Crippen LogP contribution in [0.15, 0.2) is 42.5 Å². The number of hydrogen-bond donors (Lipinski definition) is 1. The van der Waals surface area contributed by atoms with E-state index in [0.717, 1.165) is 12.8 Å². The molecule has 124 valence electrons. The molecule has 3 atom stereocenters. The first-order valence-corrected chi connectivity index (χ1v) is 8.64. The third-order valence-electron chi connectivity index (χ3n) is 5.41. The zero-order valence-electron chi connectivity index (χ0n) is 13.5. The average Bonchev–Trinajstić information content (AvgIpc) is 3.41. The summed E-state index contributed by atoms with van der Waals surface area (Å²) in [5, 5.41) is 11.6. The molecule has 0 radical (unpaired) electrons. The van der Waals surface area contributed by atoms with Gasteiger partial charge < -0.3 is 10.0 Å². The lowest BCUT2D eigenvalue weighted by molar-refractivity contribution is -0.146. The molecule has 1 amide bonds. The van der Waals surface area contributed by atoms with Gasteiger partial charge in [0, 0.05) is 19.0 Å². The Morgan fingerprint density at radius 2 is 1.88 bits per heavy atom. The maximum Gasteiger partial charge on any atom is 0.308 e. The summed E-state index contributed by atoms with van der Waals surface area (Å²) in [6.07, 6.45) is 2.34. The molecule has 2 fully saturated rings. The van der Waals surface area contributed by atoms with Gasteiger partial charge in [0.05, 0.1) is 5.92 Å². The van der Waals surface area contributed by atoms with Gasteiger partial charge in [-0.25, -0.2) is 0 Å². The number of piperidine rings is 1. The van der Waals surface area contributed by atoms with Crippen LogP contribution in [0.4, 0.5) is 0 Å². The summed E-state index contributed by atoms with van der Waals surface area (Å²) in [7, 11) is 0. The molecule has 0 bridgehead atoms. The maximum absolute atomic E-state index is 12.8. The van der Waals surface area contributed by atoms with Gasteiger partial charge in [-0.2, -0.15) is 0 Å². The third kappa shape index (κ3) is 2.66. The second-order valence-electron chi connectivity index (χ2n) is 6.98. The number of aliphatic carboxylic acids is 1. The Balaban J connectivity index is 1.51. The van der Waals surface area contributed by atoms with E-state index in [1.54, 1.807) is 4.90 Å². The van der Waals surface area contributed by atoms with E-state index in [0.29, 0.717) is 19.5 Å². The molecule has 0 spiro atoms. The van der Waals surface area contributed by atoms with E-state index in [1.165, 1.54) is 16.3 Å². The van der Waals surface area contributed by atoms with Gasteiger partial charge in [-0.3, -0.25) is 9.59 Å². The first-order valence-electron chi connectivity index (χ1n) is 8.64. The molecule has 1 aliphatic heterocycles. The van der Waals surface area contributed by atoms with E-state index >= 15 is 0 Å². The fourth-order valence-electron chi connectivity index (χ4n) is 4.00. The fraction of sp³-hybridized carbons (Fsp3) is 0.400. The standard InChI is InChI=1S/C20H21NO3/c22-19(21-10-4-7-14(12-21)20(23)24)18-11-17(18)16-9-3-6-13-5-1-2-8-15(13)16/h1-3,5-6,8-9,14,17-18H,4,7,10-12H2,(H,23,24). The highest BCUT2D eigenvalue weighted by atomic mass is 16.4. The number of carbonyl (C=O) groups is 2. The average molecular weight is 323 g/mol. The molecule has 1 N–H and O–H groups in total. The summed E-state index contributed by atoms with van der Waals surface area (Å²) < 4.78 is 0. The van der Waals surface area contributed by atoms with Gasteiger partial charge in [-0.15, -0.1) is 0 Å². The van der Waals surface area contributed by atoms with E-state index in [2.05, 4.69) is 30.3 Å². The Morgan fingerprint density at radius 3 is 2.71 bits per heavy atom. The minimum Gasteiger partial charge on any atom is -0.481 e. The van der Waals surface area contributed by atoms with Crippen molar-refractivity contribution in [2.75, 3.05) is 13.1 Å². The van der Waals surface area contributed by atoms with Crippen molar-refractivity contribution in [3.8, 4) is 0 Å². The predicted octanol–water partition coefficient (Wildman–Crippen LogP) is 3.27. The highest BCUT2D eigenvalue weighted by Gasteiger charge is 2.47. The van der Waals surface area contributed by atoms with Gasteiger partial charge >= 0.3 is 5.97 Å². The number of nitrogens with zero attached hydrogens (tertiary/aromatic N) is 1. The molecule has 1 saturated carbocycles. The molecular weight excluding hydrogens is 302 g/mol. The third-order valence-corrected chi connectivity index (χ3v) is 5.41. The molecule has 3 unspecified atom stereocenters. The Kier molecular flexibility index (Phi) is 3.75. The van der Waals surface area contributed by atoms with Crippen LogP contribution in [-0.2, 0) is 9.59 Å². The number of carboxylic acids is 1. The van der Waals surface area contributed by atoms with Crippen LogP contribution in [0.2, 0.25) is 0 Å². The number of hydrogen-bond acceptors (Lipinski definition) is 2. The Hall–Kier alpha value is -2.36. The molecular formula is C20H21NO3. The summed E-state index contributed by atoms with van der Waals surface area (Å²) in [5.41, 5.74) is 1.25. The van der Waals surface area contributed by atoms with Crippen LogP contribution in [0.25, 0.3) is 10.8 Å². The normalized spacial score (nSPS) is 26.3. The fourth-order valence-corrected chi connectivity index (χ4v) is 4.00. The van der Waals surface area contributed by atoms with Crippen molar-refractivity contribution in [2.24, 2.45) is 11.8 Å². The van der Waals surface area contributed by atoms with Gasteiger partial charge in [-0.05, 0) is 41.5 Å². The van der Waals surface area contributed by atoms with E-state index < -0.39 is 11.9 Å². The van der Waals surface area contributed by atoms with Crippen LogP contribution in [0, 0.1) is 11.8 Å². The topological polar surface area (TPSA) is 57.6 Å². The second kappa shape index (κ2) is 5.93. The molecule has 4 rings (SSSR count). The first kappa shape index (κ1) is 15.2. The number of amides is 1. The van der Waals surface area contributed by atoms with E-state index in [9.17, 15) is 14.7 Å². The van der Waals surface area contributed by atoms with Gasteiger partial charge in [0.15, 0.2) is 0 Å². The van der Waals surface area contributed by atoms with Crippen LogP contribution in [-0.4, -0.2) is 35.0 Å². The zero-order chi connectivity index (χ0) is 16.7. The number of likely N-dealkylation sites (tertiary alicyclic amines) is 1. The lowest BCUT2D eigenvalue weighted by Gasteiger charge is -2.31. The monoisotopic (exact) mass is 323 g/mol. The van der Waals surface area contributed by atoms with Gasteiger partial charge in [0.1, 0.15) is 0 Å². The maximum atomic E-state index is 12.8.